The van der Waals surface area contributed by atoms with Crippen LogP contribution in [0.5, 0.6) is 0 Å². The summed E-state index contributed by atoms with van der Waals surface area (Å²) in [5.74, 6) is -0.185. The molecule has 0 saturated carbocycles. The Morgan fingerprint density at radius 3 is 2.58 bits per heavy atom. The maximum Gasteiger partial charge on any atom is 0.273 e. The summed E-state index contributed by atoms with van der Waals surface area (Å²) in [6, 6.07) is -1.84. The Bertz CT molecular complexity index is 1100. The Morgan fingerprint density at radius 2 is 1.82 bits per heavy atom. The van der Waals surface area contributed by atoms with Gasteiger partial charge in [-0.3, -0.25) is 19.4 Å². The van der Waals surface area contributed by atoms with Gasteiger partial charge in [-0.15, -0.1) is 23.1 Å². The van der Waals surface area contributed by atoms with E-state index in [9.17, 15) is 14.4 Å². The molecule has 6 bridgehead atoms. The zero-order valence-corrected chi connectivity index (χ0v) is 20.4. The van der Waals surface area contributed by atoms with Gasteiger partial charge in [-0.2, -0.15) is 0 Å². The monoisotopic (exact) mass is 490 g/mol. The molecule has 4 heterocycles. The summed E-state index contributed by atoms with van der Waals surface area (Å²) in [6.45, 7) is 7.61. The van der Waals surface area contributed by atoms with E-state index in [0.717, 1.165) is 6.42 Å². The second-order valence-electron chi connectivity index (χ2n) is 8.20. The Morgan fingerprint density at radius 1 is 1.09 bits per heavy atom. The largest absolute Gasteiger partial charge is 0.446 e. The first-order chi connectivity index (χ1) is 15.8. The number of rotatable bonds is 2. The normalized spacial score (nSPS) is 27.0. The van der Waals surface area contributed by atoms with Gasteiger partial charge in [0.25, 0.3) is 11.8 Å². The molecule has 5 atom stereocenters. The first-order valence-electron chi connectivity index (χ1n) is 10.8. The van der Waals surface area contributed by atoms with Crippen molar-refractivity contribution in [3.8, 4) is 0 Å². The van der Waals surface area contributed by atoms with Crippen LogP contribution >= 0.6 is 23.1 Å². The minimum Gasteiger partial charge on any atom is -0.446 e. The van der Waals surface area contributed by atoms with Crippen LogP contribution in [-0.2, 0) is 4.79 Å². The number of thiazole rings is 1. The highest BCUT2D eigenvalue weighted by atomic mass is 32.2. The van der Waals surface area contributed by atoms with Gasteiger partial charge >= 0.3 is 0 Å². The molecule has 2 aromatic rings. The van der Waals surface area contributed by atoms with E-state index in [1.54, 1.807) is 12.3 Å². The van der Waals surface area contributed by atoms with Crippen LogP contribution in [0.15, 0.2) is 21.1 Å². The molecule has 3 N–H and O–H groups in total. The smallest absolute Gasteiger partial charge is 0.273 e. The minimum absolute atomic E-state index is 0.101. The fourth-order valence-corrected chi connectivity index (χ4v) is 5.53. The lowest BCUT2D eigenvalue weighted by Crippen LogP contribution is -2.39. The molecule has 0 fully saturated rings. The molecule has 0 aromatic carbocycles. The SMILES string of the molecule is CC[C@H](C)[C@H]1NC(=O)[C@H]2CSC(=N2)[C@@H](C)NC(=O)c2coc(n2)[C@H](C)NC(=O)c2csc1n2. The Hall–Kier alpha value is -2.73. The van der Waals surface area contributed by atoms with Crippen molar-refractivity contribution < 1.29 is 18.8 Å². The van der Waals surface area contributed by atoms with Crippen LogP contribution in [0.2, 0.25) is 0 Å². The first kappa shape index (κ1) is 23.4. The Labute approximate surface area is 199 Å². The van der Waals surface area contributed by atoms with Gasteiger partial charge in [-0.05, 0) is 19.8 Å². The van der Waals surface area contributed by atoms with Crippen molar-refractivity contribution in [1.29, 1.82) is 0 Å². The van der Waals surface area contributed by atoms with Crippen LogP contribution < -0.4 is 16.0 Å². The van der Waals surface area contributed by atoms with Crippen molar-refractivity contribution >= 4 is 45.9 Å². The highest BCUT2D eigenvalue weighted by molar-refractivity contribution is 8.14. The van der Waals surface area contributed by atoms with E-state index in [2.05, 4.69) is 30.9 Å². The zero-order valence-electron chi connectivity index (χ0n) is 18.7. The van der Waals surface area contributed by atoms with Crippen LogP contribution in [0.3, 0.4) is 0 Å². The summed E-state index contributed by atoms with van der Waals surface area (Å²) in [5, 5.41) is 11.8. The molecule has 3 amide bonds. The molecule has 10 nitrogen and oxygen atoms in total. The summed E-state index contributed by atoms with van der Waals surface area (Å²) in [5.41, 5.74) is 0.352. The molecular formula is C21H26N6O4S2. The lowest BCUT2D eigenvalue weighted by Gasteiger charge is -2.23. The zero-order chi connectivity index (χ0) is 23.7. The van der Waals surface area contributed by atoms with Gasteiger partial charge in [0.2, 0.25) is 11.8 Å². The van der Waals surface area contributed by atoms with Gasteiger partial charge in [0.05, 0.1) is 17.1 Å². The van der Waals surface area contributed by atoms with Crippen LogP contribution in [-0.4, -0.2) is 50.6 Å². The average Bonchev–Trinajstić information content (AvgIpc) is 3.55. The summed E-state index contributed by atoms with van der Waals surface area (Å²) in [6.07, 6.45) is 2.08. The molecule has 0 unspecified atom stereocenters. The molecule has 4 rings (SSSR count). The summed E-state index contributed by atoms with van der Waals surface area (Å²) in [7, 11) is 0. The van der Waals surface area contributed by atoms with Crippen molar-refractivity contribution in [2.24, 2.45) is 10.9 Å². The summed E-state index contributed by atoms with van der Waals surface area (Å²) >= 11 is 2.78. The number of carbonyl (C=O) groups is 3. The maximum absolute atomic E-state index is 13.0. The van der Waals surface area contributed by atoms with Crippen molar-refractivity contribution in [2.75, 3.05) is 5.75 Å². The van der Waals surface area contributed by atoms with Crippen molar-refractivity contribution in [3.05, 3.63) is 33.9 Å². The van der Waals surface area contributed by atoms with Gasteiger partial charge in [-0.1, -0.05) is 20.3 Å². The summed E-state index contributed by atoms with van der Waals surface area (Å²) in [4.78, 5) is 51.7. The van der Waals surface area contributed by atoms with E-state index in [4.69, 9.17) is 4.42 Å². The second kappa shape index (κ2) is 9.64. The van der Waals surface area contributed by atoms with Gasteiger partial charge in [0, 0.05) is 11.1 Å². The van der Waals surface area contributed by atoms with Crippen LogP contribution in [0.1, 0.15) is 78.1 Å². The molecule has 2 aromatic heterocycles. The summed E-state index contributed by atoms with van der Waals surface area (Å²) < 4.78 is 5.43. The quantitative estimate of drug-likeness (QED) is 0.588. The maximum atomic E-state index is 13.0. The number of nitrogens with zero attached hydrogens (tertiary/aromatic N) is 3. The van der Waals surface area contributed by atoms with Gasteiger partial charge in [0.1, 0.15) is 29.0 Å². The van der Waals surface area contributed by atoms with E-state index < -0.39 is 18.0 Å². The molecule has 33 heavy (non-hydrogen) atoms. The van der Waals surface area contributed by atoms with E-state index in [1.807, 2.05) is 20.8 Å². The third kappa shape index (κ3) is 4.96. The highest BCUT2D eigenvalue weighted by Crippen LogP contribution is 2.29. The third-order valence-corrected chi connectivity index (χ3v) is 7.86. The standard InChI is InChI=1S/C21H26N6O4S2/c1-5-9(2)15-21-26-13(8-33-21)17(29)22-10(3)19-24-12(6-31-19)16(28)23-11(4)20-25-14(7-32-20)18(30)27-15/h6,8-11,14-15H,5,7H2,1-4H3,(H,22,29)(H,23,28)(H,27,30)/t9-,10-,11+,14+,15+/m0/s1. The number of fused-ring (bicyclic) bond motifs is 5. The third-order valence-electron chi connectivity index (χ3n) is 5.70. The fraction of sp³-hybridized carbons (Fsp3) is 0.524. The second-order valence-corrected chi connectivity index (χ2v) is 10.1. The Balaban J connectivity index is 1.69. The van der Waals surface area contributed by atoms with Crippen LogP contribution in [0, 0.1) is 5.92 Å². The number of aromatic nitrogens is 2. The van der Waals surface area contributed by atoms with Gasteiger partial charge in [-0.25, -0.2) is 9.97 Å². The van der Waals surface area contributed by atoms with Gasteiger partial charge < -0.3 is 20.4 Å². The molecule has 12 heteroatoms. The van der Waals surface area contributed by atoms with Crippen LogP contribution in [0.4, 0.5) is 0 Å². The minimum atomic E-state index is -0.568. The number of carbonyl (C=O) groups excluding carboxylic acids is 3. The topological polar surface area (TPSA) is 139 Å². The first-order valence-corrected chi connectivity index (χ1v) is 12.7. The predicted molar refractivity (Wildman–Crippen MR) is 125 cm³/mol. The van der Waals surface area contributed by atoms with Crippen molar-refractivity contribution in [2.45, 2.75) is 58.3 Å². The van der Waals surface area contributed by atoms with E-state index in [-0.39, 0.29) is 47.1 Å². The lowest BCUT2D eigenvalue weighted by molar-refractivity contribution is -0.122. The van der Waals surface area contributed by atoms with E-state index >= 15 is 0 Å². The van der Waals surface area contributed by atoms with E-state index in [0.29, 0.717) is 15.8 Å². The van der Waals surface area contributed by atoms with Crippen LogP contribution in [0.25, 0.3) is 0 Å². The predicted octanol–water partition coefficient (Wildman–Crippen LogP) is 2.47. The highest BCUT2D eigenvalue weighted by Gasteiger charge is 2.32. The molecule has 176 valence electrons. The molecule has 2 aliphatic heterocycles. The average molecular weight is 491 g/mol. The van der Waals surface area contributed by atoms with Crippen molar-refractivity contribution in [3.63, 3.8) is 0 Å². The van der Waals surface area contributed by atoms with Gasteiger partial charge in [0.15, 0.2) is 5.69 Å². The van der Waals surface area contributed by atoms with Crippen molar-refractivity contribution in [1.82, 2.24) is 25.9 Å². The number of nitrogens with one attached hydrogen (secondary N) is 3. The number of oxazole rings is 1. The molecule has 0 spiro atoms. The number of amides is 3. The molecule has 0 aliphatic carbocycles. The number of hydrogen-bond donors (Lipinski definition) is 3. The number of hydrogen-bond acceptors (Lipinski definition) is 9. The number of thioether (sulfide) groups is 1. The van der Waals surface area contributed by atoms with E-state index in [1.165, 1.54) is 29.4 Å². The molecule has 0 saturated heterocycles. The molecule has 0 radical (unpaired) electrons. The Kier molecular flexibility index (Phi) is 6.84. The lowest BCUT2D eigenvalue weighted by atomic mass is 9.99. The molecule has 2 aliphatic rings. The fourth-order valence-electron chi connectivity index (χ4n) is 3.49. The number of aliphatic imine (C=N–C) groups is 1. The molecular weight excluding hydrogens is 464 g/mol.